The molecule has 0 saturated carbocycles. The van der Waals surface area contributed by atoms with Crippen LogP contribution in [-0.4, -0.2) is 69.4 Å². The summed E-state index contributed by atoms with van der Waals surface area (Å²) in [6.07, 6.45) is 52.7. The number of carbonyl (C=O) groups is 2. The number of phosphoric acid groups is 1. The molecule has 1 amide bonds. The third-order valence-corrected chi connectivity index (χ3v) is 13.6. The molecule has 0 fully saturated rings. The molecule has 66 heavy (non-hydrogen) atoms. The maximum Gasteiger partial charge on any atom is 0.306 e. The predicted octanol–water partition coefficient (Wildman–Crippen LogP) is 16.0. The molecule has 0 aromatic carbocycles. The number of esters is 1. The van der Waals surface area contributed by atoms with Gasteiger partial charge in [0.25, 0.3) is 7.82 Å². The van der Waals surface area contributed by atoms with Crippen molar-refractivity contribution < 1.29 is 37.3 Å². The van der Waals surface area contributed by atoms with Crippen LogP contribution in [0.2, 0.25) is 0 Å². The second-order valence-corrected chi connectivity index (χ2v) is 21.9. The Morgan fingerprint density at radius 1 is 0.515 bits per heavy atom. The molecule has 1 N–H and O–H groups in total. The zero-order valence-electron chi connectivity index (χ0n) is 44.4. The topological polar surface area (TPSA) is 114 Å². The number of phosphoric ester groups is 1. The van der Waals surface area contributed by atoms with E-state index in [-0.39, 0.29) is 31.5 Å². The van der Waals surface area contributed by atoms with Crippen LogP contribution in [0, 0.1) is 0 Å². The molecule has 9 nitrogen and oxygen atoms in total. The molecule has 3 atom stereocenters. The van der Waals surface area contributed by atoms with Crippen LogP contribution >= 0.6 is 7.82 Å². The van der Waals surface area contributed by atoms with Gasteiger partial charge in [-0.25, -0.2) is 0 Å². The molecule has 0 saturated heterocycles. The van der Waals surface area contributed by atoms with E-state index in [9.17, 15) is 19.0 Å². The van der Waals surface area contributed by atoms with Crippen LogP contribution in [0.1, 0.15) is 271 Å². The van der Waals surface area contributed by atoms with E-state index in [1.165, 1.54) is 167 Å². The van der Waals surface area contributed by atoms with Crippen molar-refractivity contribution in [2.24, 2.45) is 0 Å². The fourth-order valence-electron chi connectivity index (χ4n) is 8.22. The Bertz CT molecular complexity index is 1190. The van der Waals surface area contributed by atoms with E-state index < -0.39 is 20.0 Å². The Hall–Kier alpha value is -1.51. The number of allylic oxidation sites excluding steroid dienone is 3. The molecule has 0 aromatic heterocycles. The summed E-state index contributed by atoms with van der Waals surface area (Å²) in [5.74, 6) is -0.536. The number of nitrogens with one attached hydrogen (secondary N) is 1. The Kier molecular flexibility index (Phi) is 46.1. The van der Waals surface area contributed by atoms with Crippen LogP contribution in [0.3, 0.4) is 0 Å². The van der Waals surface area contributed by atoms with Crippen LogP contribution < -0.4 is 10.2 Å². The Balaban J connectivity index is 5.33. The fraction of sp³-hybridized carbons (Fsp3) is 0.893. The highest BCUT2D eigenvalue weighted by molar-refractivity contribution is 7.45. The Labute approximate surface area is 409 Å². The number of nitrogens with zero attached hydrogens (tertiary/aromatic N) is 1. The lowest BCUT2D eigenvalue weighted by Gasteiger charge is -2.30. The number of quaternary nitrogens is 1. The summed E-state index contributed by atoms with van der Waals surface area (Å²) in [4.78, 5) is 39.8. The Morgan fingerprint density at radius 3 is 1.30 bits per heavy atom. The minimum absolute atomic E-state index is 0.0200. The van der Waals surface area contributed by atoms with E-state index in [2.05, 4.69) is 38.2 Å². The van der Waals surface area contributed by atoms with Gasteiger partial charge in [-0.1, -0.05) is 225 Å². The number of amides is 1. The van der Waals surface area contributed by atoms with Gasteiger partial charge in [0.15, 0.2) is 0 Å². The van der Waals surface area contributed by atoms with Gasteiger partial charge in [0, 0.05) is 12.8 Å². The third kappa shape index (κ3) is 47.6. The fourth-order valence-corrected chi connectivity index (χ4v) is 8.95. The van der Waals surface area contributed by atoms with E-state index in [1.54, 1.807) is 0 Å². The standard InChI is InChI=1S/C56H109N2O7P/c1-7-10-13-16-19-22-25-27-29-30-33-36-39-42-45-48-55(59)57-53(52-64-66(61,62)63-51-50-58(4,5)6)54(47-44-41-38-35-32-24-21-18-15-12-9-3)65-56(60)49-46-43-40-37-34-31-28-26-23-20-17-14-11-8-2/h22,25,44,47,53-54H,7-21,23-24,26-43,45-46,48-52H2,1-6H3,(H-,57,59,61,62)/b25-22-,47-44+. The van der Waals surface area contributed by atoms with Gasteiger partial charge in [0.05, 0.1) is 33.8 Å². The highest BCUT2D eigenvalue weighted by Crippen LogP contribution is 2.38. The summed E-state index contributed by atoms with van der Waals surface area (Å²) in [6.45, 7) is 6.84. The molecule has 0 heterocycles. The van der Waals surface area contributed by atoms with E-state index in [1.807, 2.05) is 33.3 Å². The number of hydrogen-bond donors (Lipinski definition) is 1. The van der Waals surface area contributed by atoms with Crippen LogP contribution in [0.25, 0.3) is 0 Å². The molecule has 0 aliphatic heterocycles. The molecule has 0 aliphatic carbocycles. The van der Waals surface area contributed by atoms with Crippen molar-refractivity contribution >= 4 is 19.7 Å². The first kappa shape index (κ1) is 64.5. The number of unbranched alkanes of at least 4 members (excludes halogenated alkanes) is 33. The molecule has 10 heteroatoms. The quantitative estimate of drug-likeness (QED) is 0.0212. The van der Waals surface area contributed by atoms with Crippen LogP contribution in [0.4, 0.5) is 0 Å². The number of rotatable bonds is 51. The molecule has 0 aromatic rings. The SMILES string of the molecule is CCCCCC/C=C\CCCCCCCCCC(=O)NC(COP(=O)([O-])OCC[N+](C)(C)C)C(/C=C/CCCCCCCCCCC)OC(=O)CCCCCCCCCCCCCCCC. The predicted molar refractivity (Wildman–Crippen MR) is 280 cm³/mol. The molecule has 390 valence electrons. The van der Waals surface area contributed by atoms with Crippen molar-refractivity contribution in [3.8, 4) is 0 Å². The average Bonchev–Trinajstić information content (AvgIpc) is 3.27. The summed E-state index contributed by atoms with van der Waals surface area (Å²) in [6, 6.07) is -0.883. The van der Waals surface area contributed by atoms with E-state index in [4.69, 9.17) is 13.8 Å². The van der Waals surface area contributed by atoms with Crippen LogP contribution in [0.15, 0.2) is 24.3 Å². The molecule has 3 unspecified atom stereocenters. The van der Waals surface area contributed by atoms with Gasteiger partial charge in [-0.2, -0.15) is 0 Å². The number of likely N-dealkylation sites (N-methyl/N-ethyl adjacent to an activating group) is 1. The molecule has 0 rings (SSSR count). The van der Waals surface area contributed by atoms with E-state index in [0.717, 1.165) is 70.6 Å². The first-order valence-electron chi connectivity index (χ1n) is 28.1. The summed E-state index contributed by atoms with van der Waals surface area (Å²) in [5.41, 5.74) is 0. The highest BCUT2D eigenvalue weighted by Gasteiger charge is 2.27. The van der Waals surface area contributed by atoms with Crippen LogP contribution in [-0.2, 0) is 27.9 Å². The van der Waals surface area contributed by atoms with Gasteiger partial charge in [-0.15, -0.1) is 0 Å². The summed E-state index contributed by atoms with van der Waals surface area (Å²) in [5, 5.41) is 3.02. The monoisotopic (exact) mass is 953 g/mol. The normalized spacial score (nSPS) is 14.0. The van der Waals surface area contributed by atoms with Gasteiger partial charge in [-0.05, 0) is 57.4 Å². The largest absolute Gasteiger partial charge is 0.756 e. The number of carbonyl (C=O) groups excluding carboxylic acids is 2. The molecule has 0 aliphatic rings. The summed E-state index contributed by atoms with van der Waals surface area (Å²) >= 11 is 0. The second kappa shape index (κ2) is 47.2. The minimum Gasteiger partial charge on any atom is -0.756 e. The van der Waals surface area contributed by atoms with Gasteiger partial charge in [0.1, 0.15) is 19.3 Å². The van der Waals surface area contributed by atoms with Crippen molar-refractivity contribution in [1.82, 2.24) is 5.32 Å². The van der Waals surface area contributed by atoms with Gasteiger partial charge in [0.2, 0.25) is 5.91 Å². The average molecular weight is 953 g/mol. The van der Waals surface area contributed by atoms with Crippen molar-refractivity contribution in [2.45, 2.75) is 283 Å². The number of ether oxygens (including phenoxy) is 1. The lowest BCUT2D eigenvalue weighted by atomic mass is 10.0. The van der Waals surface area contributed by atoms with Gasteiger partial charge >= 0.3 is 5.97 Å². The second-order valence-electron chi connectivity index (χ2n) is 20.4. The molecule has 0 bridgehead atoms. The van der Waals surface area contributed by atoms with Crippen molar-refractivity contribution in [1.29, 1.82) is 0 Å². The molecule has 0 spiro atoms. The van der Waals surface area contributed by atoms with Gasteiger partial charge < -0.3 is 28.5 Å². The molecule has 0 radical (unpaired) electrons. The van der Waals surface area contributed by atoms with E-state index in [0.29, 0.717) is 17.4 Å². The maximum absolute atomic E-state index is 13.4. The van der Waals surface area contributed by atoms with Crippen molar-refractivity contribution in [2.75, 3.05) is 40.9 Å². The van der Waals surface area contributed by atoms with E-state index >= 15 is 0 Å². The molecular formula is C56H109N2O7P. The summed E-state index contributed by atoms with van der Waals surface area (Å²) < 4.78 is 30.2. The minimum atomic E-state index is -4.68. The van der Waals surface area contributed by atoms with Crippen molar-refractivity contribution in [3.63, 3.8) is 0 Å². The molecular weight excluding hydrogens is 844 g/mol. The Morgan fingerprint density at radius 2 is 0.879 bits per heavy atom. The first-order chi connectivity index (χ1) is 31.9. The summed E-state index contributed by atoms with van der Waals surface area (Å²) in [7, 11) is 1.19. The third-order valence-electron chi connectivity index (χ3n) is 12.6. The zero-order chi connectivity index (χ0) is 48.7. The van der Waals surface area contributed by atoms with Gasteiger partial charge in [-0.3, -0.25) is 14.2 Å². The smallest absolute Gasteiger partial charge is 0.306 e. The van der Waals surface area contributed by atoms with Crippen molar-refractivity contribution in [3.05, 3.63) is 24.3 Å². The first-order valence-corrected chi connectivity index (χ1v) is 29.6. The van der Waals surface area contributed by atoms with Crippen LogP contribution in [0.5, 0.6) is 0 Å². The zero-order valence-corrected chi connectivity index (χ0v) is 45.3. The maximum atomic E-state index is 13.4. The lowest BCUT2D eigenvalue weighted by Crippen LogP contribution is -2.47. The number of hydrogen-bond acceptors (Lipinski definition) is 7. The highest BCUT2D eigenvalue weighted by atomic mass is 31.2. The lowest BCUT2D eigenvalue weighted by molar-refractivity contribution is -0.870.